The molecule has 1 fully saturated rings. The predicted molar refractivity (Wildman–Crippen MR) is 93.1 cm³/mol. The summed E-state index contributed by atoms with van der Waals surface area (Å²) in [6.07, 6.45) is 1.66. The van der Waals surface area contributed by atoms with E-state index in [1.54, 1.807) is 18.2 Å². The lowest BCUT2D eigenvalue weighted by Crippen LogP contribution is -2.19. The fraction of sp³-hybridized carbons (Fsp3) is 0.111. The number of nitrogens with zero attached hydrogens (tertiary/aromatic N) is 1. The van der Waals surface area contributed by atoms with Crippen molar-refractivity contribution in [2.75, 3.05) is 0 Å². The lowest BCUT2D eigenvalue weighted by molar-refractivity contribution is -0.115. The Kier molecular flexibility index (Phi) is 4.30. The number of hydrogen-bond donors (Lipinski definition) is 1. The van der Waals surface area contributed by atoms with Crippen LogP contribution >= 0.6 is 11.8 Å². The third-order valence-corrected chi connectivity index (χ3v) is 4.43. The van der Waals surface area contributed by atoms with Crippen molar-refractivity contribution in [1.82, 2.24) is 5.32 Å². The fourth-order valence-electron chi connectivity index (χ4n) is 2.14. The first-order valence-electron chi connectivity index (χ1n) is 7.14. The second-order valence-electron chi connectivity index (χ2n) is 5.31. The average Bonchev–Trinajstić information content (AvgIpc) is 2.83. The number of aryl methyl sites for hydroxylation is 2. The molecule has 0 aromatic heterocycles. The van der Waals surface area contributed by atoms with E-state index in [9.17, 15) is 9.18 Å². The van der Waals surface area contributed by atoms with Crippen LogP contribution in [0.1, 0.15) is 16.7 Å². The van der Waals surface area contributed by atoms with Gasteiger partial charge in [-0.3, -0.25) is 4.79 Å². The van der Waals surface area contributed by atoms with Crippen molar-refractivity contribution in [2.45, 2.75) is 13.8 Å². The van der Waals surface area contributed by atoms with Crippen LogP contribution in [0.25, 0.3) is 6.08 Å². The molecule has 0 unspecified atom stereocenters. The highest BCUT2D eigenvalue weighted by atomic mass is 32.2. The molecule has 3 rings (SSSR count). The van der Waals surface area contributed by atoms with Crippen LogP contribution in [0.15, 0.2) is 52.4 Å². The van der Waals surface area contributed by atoms with E-state index in [1.807, 2.05) is 32.0 Å². The molecule has 1 amide bonds. The summed E-state index contributed by atoms with van der Waals surface area (Å²) in [4.78, 5) is 17.0. The molecule has 5 heteroatoms. The topological polar surface area (TPSA) is 41.5 Å². The third kappa shape index (κ3) is 3.68. The number of thioether (sulfide) groups is 1. The van der Waals surface area contributed by atoms with E-state index in [0.717, 1.165) is 11.3 Å². The van der Waals surface area contributed by atoms with Crippen LogP contribution in [-0.2, 0) is 4.79 Å². The number of carbonyl (C=O) groups is 1. The number of amidine groups is 1. The van der Waals surface area contributed by atoms with Gasteiger partial charge in [-0.1, -0.05) is 18.2 Å². The Morgan fingerprint density at radius 2 is 1.96 bits per heavy atom. The first kappa shape index (κ1) is 15.5. The fourth-order valence-corrected chi connectivity index (χ4v) is 2.98. The normalized spacial score (nSPS) is 17.8. The Morgan fingerprint density at radius 3 is 2.70 bits per heavy atom. The average molecular weight is 326 g/mol. The van der Waals surface area contributed by atoms with Crippen molar-refractivity contribution in [3.63, 3.8) is 0 Å². The zero-order valence-corrected chi connectivity index (χ0v) is 13.6. The van der Waals surface area contributed by atoms with E-state index in [-0.39, 0.29) is 11.7 Å². The van der Waals surface area contributed by atoms with Crippen LogP contribution in [0.3, 0.4) is 0 Å². The Balaban J connectivity index is 1.84. The monoisotopic (exact) mass is 326 g/mol. The van der Waals surface area contributed by atoms with Crippen LogP contribution in [0, 0.1) is 19.7 Å². The number of benzene rings is 2. The molecule has 3 nitrogen and oxygen atoms in total. The van der Waals surface area contributed by atoms with Gasteiger partial charge in [-0.2, -0.15) is 0 Å². The summed E-state index contributed by atoms with van der Waals surface area (Å²) in [5.74, 6) is -0.548. The van der Waals surface area contributed by atoms with Gasteiger partial charge in [-0.05, 0) is 72.6 Å². The summed E-state index contributed by atoms with van der Waals surface area (Å²) in [5.41, 5.74) is 3.79. The lowest BCUT2D eigenvalue weighted by atomic mass is 10.1. The highest BCUT2D eigenvalue weighted by molar-refractivity contribution is 8.18. The quantitative estimate of drug-likeness (QED) is 0.834. The second kappa shape index (κ2) is 6.38. The minimum atomic E-state index is -0.327. The van der Waals surface area contributed by atoms with E-state index >= 15 is 0 Å². The van der Waals surface area contributed by atoms with Gasteiger partial charge in [0.15, 0.2) is 5.17 Å². The first-order chi connectivity index (χ1) is 11.0. The Morgan fingerprint density at radius 1 is 1.13 bits per heavy atom. The van der Waals surface area contributed by atoms with Crippen LogP contribution in [0.4, 0.5) is 10.1 Å². The molecule has 0 radical (unpaired) electrons. The molecule has 1 heterocycles. The van der Waals surface area contributed by atoms with Crippen LogP contribution in [0.2, 0.25) is 0 Å². The van der Waals surface area contributed by atoms with Crippen molar-refractivity contribution >= 4 is 34.6 Å². The van der Waals surface area contributed by atoms with Crippen LogP contribution in [-0.4, -0.2) is 11.1 Å². The molecule has 0 saturated carbocycles. The Bertz CT molecular complexity index is 843. The Labute approximate surface area is 138 Å². The van der Waals surface area contributed by atoms with E-state index < -0.39 is 0 Å². The van der Waals surface area contributed by atoms with Gasteiger partial charge >= 0.3 is 0 Å². The summed E-state index contributed by atoms with van der Waals surface area (Å²) in [6, 6.07) is 12.0. The van der Waals surface area contributed by atoms with Crippen molar-refractivity contribution in [1.29, 1.82) is 0 Å². The van der Waals surface area contributed by atoms with E-state index in [4.69, 9.17) is 0 Å². The molecule has 116 valence electrons. The van der Waals surface area contributed by atoms with Gasteiger partial charge in [0.1, 0.15) is 5.82 Å². The SMILES string of the molecule is Cc1ccc(N=C2NC(=O)/C(=C/c3cccc(F)c3)S2)cc1C. The van der Waals surface area contributed by atoms with Gasteiger partial charge < -0.3 is 5.32 Å². The maximum Gasteiger partial charge on any atom is 0.264 e. The summed E-state index contributed by atoms with van der Waals surface area (Å²) in [6.45, 7) is 4.06. The van der Waals surface area contributed by atoms with Crippen molar-refractivity contribution in [3.8, 4) is 0 Å². The van der Waals surface area contributed by atoms with E-state index in [1.165, 1.54) is 29.5 Å². The minimum absolute atomic E-state index is 0.221. The molecule has 1 aliphatic rings. The van der Waals surface area contributed by atoms with E-state index in [0.29, 0.717) is 15.6 Å². The van der Waals surface area contributed by atoms with E-state index in [2.05, 4.69) is 10.3 Å². The van der Waals surface area contributed by atoms with Gasteiger partial charge in [-0.25, -0.2) is 9.38 Å². The summed E-state index contributed by atoms with van der Waals surface area (Å²) < 4.78 is 13.2. The molecule has 1 saturated heterocycles. The minimum Gasteiger partial charge on any atom is -0.300 e. The number of carbonyl (C=O) groups excluding carboxylic acids is 1. The standard InChI is InChI=1S/C18H15FN2OS/c1-11-6-7-15(8-12(11)2)20-18-21-17(22)16(23-18)10-13-4-3-5-14(19)9-13/h3-10H,1-2H3,(H,20,21,22)/b16-10-. The number of nitrogens with one attached hydrogen (secondary N) is 1. The predicted octanol–water partition coefficient (Wildman–Crippen LogP) is 4.33. The number of amides is 1. The molecule has 2 aromatic carbocycles. The molecular formula is C18H15FN2OS. The zero-order chi connectivity index (χ0) is 16.4. The lowest BCUT2D eigenvalue weighted by Gasteiger charge is -2.01. The molecule has 0 atom stereocenters. The molecule has 0 bridgehead atoms. The number of halogens is 1. The largest absolute Gasteiger partial charge is 0.300 e. The summed E-state index contributed by atoms with van der Waals surface area (Å²) in [7, 11) is 0. The summed E-state index contributed by atoms with van der Waals surface area (Å²) >= 11 is 1.25. The number of rotatable bonds is 2. The molecule has 1 aliphatic heterocycles. The van der Waals surface area contributed by atoms with Crippen molar-refractivity contribution in [2.24, 2.45) is 4.99 Å². The molecule has 23 heavy (non-hydrogen) atoms. The maximum atomic E-state index is 13.2. The highest BCUT2D eigenvalue weighted by Crippen LogP contribution is 2.28. The molecule has 1 N–H and O–H groups in total. The van der Waals surface area contributed by atoms with Gasteiger partial charge in [0.25, 0.3) is 5.91 Å². The molecule has 2 aromatic rings. The molecular weight excluding hydrogens is 311 g/mol. The third-order valence-electron chi connectivity index (χ3n) is 3.52. The summed E-state index contributed by atoms with van der Waals surface area (Å²) in [5, 5.41) is 3.26. The van der Waals surface area contributed by atoms with Gasteiger partial charge in [0.2, 0.25) is 0 Å². The molecule has 0 aliphatic carbocycles. The van der Waals surface area contributed by atoms with Gasteiger partial charge in [0, 0.05) is 0 Å². The highest BCUT2D eigenvalue weighted by Gasteiger charge is 2.23. The van der Waals surface area contributed by atoms with Gasteiger partial charge in [0.05, 0.1) is 10.6 Å². The zero-order valence-electron chi connectivity index (χ0n) is 12.8. The first-order valence-corrected chi connectivity index (χ1v) is 7.95. The van der Waals surface area contributed by atoms with Crippen molar-refractivity contribution in [3.05, 3.63) is 69.9 Å². The van der Waals surface area contributed by atoms with Gasteiger partial charge in [-0.15, -0.1) is 0 Å². The van der Waals surface area contributed by atoms with Crippen LogP contribution < -0.4 is 5.32 Å². The smallest absolute Gasteiger partial charge is 0.264 e. The Hall–Kier alpha value is -2.40. The van der Waals surface area contributed by atoms with Crippen LogP contribution in [0.5, 0.6) is 0 Å². The number of aliphatic imine (C=N–C) groups is 1. The van der Waals surface area contributed by atoms with Crippen molar-refractivity contribution < 1.29 is 9.18 Å². The maximum absolute atomic E-state index is 13.2. The second-order valence-corrected chi connectivity index (χ2v) is 6.34. The molecule has 0 spiro atoms. The number of hydrogen-bond acceptors (Lipinski definition) is 3.